The van der Waals surface area contributed by atoms with Crippen LogP contribution < -0.4 is 5.32 Å². The fourth-order valence-electron chi connectivity index (χ4n) is 2.78. The summed E-state index contributed by atoms with van der Waals surface area (Å²) < 4.78 is 5.28. The Balaban J connectivity index is 2.47. The molecular formula is C15H27NO4. The second-order valence-corrected chi connectivity index (χ2v) is 6.61. The van der Waals surface area contributed by atoms with E-state index < -0.39 is 11.6 Å². The average molecular weight is 285 g/mol. The number of hydrogen-bond acceptors (Lipinski definition) is 3. The van der Waals surface area contributed by atoms with Crippen LogP contribution in [0.2, 0.25) is 0 Å². The zero-order valence-corrected chi connectivity index (χ0v) is 12.9. The van der Waals surface area contributed by atoms with Crippen LogP contribution in [0.1, 0.15) is 59.8 Å². The lowest BCUT2D eigenvalue weighted by atomic mass is 9.78. The standard InChI is InChI=1S/C15H27NO4/c1-5-12(16-14(19)20-15(2,3)4)10-6-8-11(9-7-10)13(17)18/h10-12H,5-9H2,1-4H3,(H,16,19)(H,17,18). The average Bonchev–Trinajstić information content (AvgIpc) is 2.34. The molecule has 0 heterocycles. The molecule has 1 fully saturated rings. The van der Waals surface area contributed by atoms with E-state index in [-0.39, 0.29) is 18.1 Å². The van der Waals surface area contributed by atoms with Crippen molar-refractivity contribution in [2.24, 2.45) is 11.8 Å². The molecule has 0 aromatic carbocycles. The highest BCUT2D eigenvalue weighted by atomic mass is 16.6. The number of amides is 1. The molecule has 0 aliphatic heterocycles. The topological polar surface area (TPSA) is 75.6 Å². The summed E-state index contributed by atoms with van der Waals surface area (Å²) in [5.41, 5.74) is -0.497. The van der Waals surface area contributed by atoms with E-state index in [1.54, 1.807) is 0 Å². The third-order valence-electron chi connectivity index (χ3n) is 3.83. The van der Waals surface area contributed by atoms with Gasteiger partial charge in [-0.2, -0.15) is 0 Å². The van der Waals surface area contributed by atoms with Gasteiger partial charge in [0.2, 0.25) is 0 Å². The predicted molar refractivity (Wildman–Crippen MR) is 76.5 cm³/mol. The molecule has 20 heavy (non-hydrogen) atoms. The normalized spacial score (nSPS) is 24.8. The summed E-state index contributed by atoms with van der Waals surface area (Å²) in [6.07, 6.45) is 3.56. The first-order valence-corrected chi connectivity index (χ1v) is 7.45. The molecule has 5 nitrogen and oxygen atoms in total. The molecule has 1 unspecified atom stereocenters. The number of aliphatic carboxylic acids is 1. The molecule has 0 spiro atoms. The van der Waals surface area contributed by atoms with Gasteiger partial charge in [0.1, 0.15) is 5.60 Å². The van der Waals surface area contributed by atoms with Crippen LogP contribution in [0.25, 0.3) is 0 Å². The van der Waals surface area contributed by atoms with Crippen molar-refractivity contribution in [1.82, 2.24) is 5.32 Å². The number of alkyl carbamates (subject to hydrolysis) is 1. The number of carboxylic acids is 1. The molecule has 0 radical (unpaired) electrons. The minimum atomic E-state index is -0.698. The molecule has 5 heteroatoms. The molecule has 0 aromatic heterocycles. The minimum Gasteiger partial charge on any atom is -0.481 e. The number of carbonyl (C=O) groups is 2. The van der Waals surface area contributed by atoms with Crippen LogP contribution in [-0.2, 0) is 9.53 Å². The Labute approximate surface area is 121 Å². The van der Waals surface area contributed by atoms with E-state index in [1.807, 2.05) is 27.7 Å². The van der Waals surface area contributed by atoms with Crippen LogP contribution in [-0.4, -0.2) is 28.8 Å². The fourth-order valence-corrected chi connectivity index (χ4v) is 2.78. The lowest BCUT2D eigenvalue weighted by molar-refractivity contribution is -0.143. The highest BCUT2D eigenvalue weighted by molar-refractivity contribution is 5.70. The van der Waals surface area contributed by atoms with Gasteiger partial charge in [0.05, 0.1) is 5.92 Å². The van der Waals surface area contributed by atoms with Crippen molar-refractivity contribution in [2.45, 2.75) is 71.4 Å². The van der Waals surface area contributed by atoms with Gasteiger partial charge in [-0.15, -0.1) is 0 Å². The molecule has 116 valence electrons. The van der Waals surface area contributed by atoms with Gasteiger partial charge in [0.15, 0.2) is 0 Å². The summed E-state index contributed by atoms with van der Waals surface area (Å²) in [7, 11) is 0. The second kappa shape index (κ2) is 6.95. The maximum atomic E-state index is 11.8. The van der Waals surface area contributed by atoms with Crippen LogP contribution in [0.4, 0.5) is 4.79 Å². The van der Waals surface area contributed by atoms with E-state index in [9.17, 15) is 9.59 Å². The molecule has 2 N–H and O–H groups in total. The molecule has 1 saturated carbocycles. The number of carboxylic acid groups (broad SMARTS) is 1. The van der Waals surface area contributed by atoms with Crippen molar-refractivity contribution < 1.29 is 19.4 Å². The minimum absolute atomic E-state index is 0.0691. The summed E-state index contributed by atoms with van der Waals surface area (Å²) in [4.78, 5) is 22.8. The first kappa shape index (κ1) is 16.8. The van der Waals surface area contributed by atoms with E-state index in [1.165, 1.54) is 0 Å². The van der Waals surface area contributed by atoms with E-state index in [0.717, 1.165) is 19.3 Å². The number of rotatable bonds is 4. The number of nitrogens with one attached hydrogen (secondary N) is 1. The van der Waals surface area contributed by atoms with Crippen molar-refractivity contribution >= 4 is 12.1 Å². The summed E-state index contributed by atoms with van der Waals surface area (Å²) in [5.74, 6) is -0.565. The van der Waals surface area contributed by atoms with Crippen molar-refractivity contribution in [1.29, 1.82) is 0 Å². The van der Waals surface area contributed by atoms with Gasteiger partial charge in [-0.3, -0.25) is 4.79 Å². The highest BCUT2D eigenvalue weighted by Gasteiger charge is 2.31. The van der Waals surface area contributed by atoms with Crippen LogP contribution in [0.15, 0.2) is 0 Å². The Bertz CT molecular complexity index is 340. The summed E-state index contributed by atoms with van der Waals surface area (Å²) in [6.45, 7) is 7.55. The first-order chi connectivity index (χ1) is 9.23. The van der Waals surface area contributed by atoms with Crippen molar-refractivity contribution in [3.63, 3.8) is 0 Å². The van der Waals surface area contributed by atoms with Gasteiger partial charge >= 0.3 is 12.1 Å². The molecule has 1 aliphatic rings. The van der Waals surface area contributed by atoms with Crippen LogP contribution in [0.3, 0.4) is 0 Å². The predicted octanol–water partition coefficient (Wildman–Crippen LogP) is 3.18. The third-order valence-corrected chi connectivity index (χ3v) is 3.83. The monoisotopic (exact) mass is 285 g/mol. The summed E-state index contributed by atoms with van der Waals surface area (Å²) in [5, 5.41) is 11.9. The van der Waals surface area contributed by atoms with Gasteiger partial charge < -0.3 is 15.2 Å². The van der Waals surface area contributed by atoms with Gasteiger partial charge in [-0.1, -0.05) is 6.92 Å². The van der Waals surface area contributed by atoms with Crippen LogP contribution >= 0.6 is 0 Å². The van der Waals surface area contributed by atoms with Gasteiger partial charge in [-0.05, 0) is 58.8 Å². The smallest absolute Gasteiger partial charge is 0.407 e. The zero-order valence-electron chi connectivity index (χ0n) is 12.9. The van der Waals surface area contributed by atoms with Gasteiger partial charge in [0.25, 0.3) is 0 Å². The SMILES string of the molecule is CCC(NC(=O)OC(C)(C)C)C1CCC(C(=O)O)CC1. The third kappa shape index (κ3) is 5.39. The van der Waals surface area contributed by atoms with Crippen LogP contribution in [0.5, 0.6) is 0 Å². The van der Waals surface area contributed by atoms with E-state index in [4.69, 9.17) is 9.84 Å². The van der Waals surface area contributed by atoms with Crippen molar-refractivity contribution in [3.8, 4) is 0 Å². The maximum Gasteiger partial charge on any atom is 0.407 e. The van der Waals surface area contributed by atoms with Gasteiger partial charge in [0, 0.05) is 6.04 Å². The first-order valence-electron chi connectivity index (χ1n) is 7.45. The number of ether oxygens (including phenoxy) is 1. The van der Waals surface area contributed by atoms with Crippen LogP contribution in [0, 0.1) is 11.8 Å². The maximum absolute atomic E-state index is 11.8. The molecule has 1 aliphatic carbocycles. The Morgan fingerprint density at radius 2 is 1.80 bits per heavy atom. The summed E-state index contributed by atoms with van der Waals surface area (Å²) in [6, 6.07) is 0.0691. The van der Waals surface area contributed by atoms with E-state index in [2.05, 4.69) is 5.32 Å². The molecule has 0 bridgehead atoms. The lowest BCUT2D eigenvalue weighted by Gasteiger charge is -2.33. The quantitative estimate of drug-likeness (QED) is 0.831. The van der Waals surface area contributed by atoms with Gasteiger partial charge in [-0.25, -0.2) is 4.79 Å². The lowest BCUT2D eigenvalue weighted by Crippen LogP contribution is -2.44. The molecule has 1 atom stereocenters. The number of hydrogen-bond donors (Lipinski definition) is 2. The Morgan fingerprint density at radius 3 is 2.20 bits per heavy atom. The molecular weight excluding hydrogens is 258 g/mol. The van der Waals surface area contributed by atoms with E-state index in [0.29, 0.717) is 18.8 Å². The van der Waals surface area contributed by atoms with Crippen molar-refractivity contribution in [2.75, 3.05) is 0 Å². The van der Waals surface area contributed by atoms with E-state index >= 15 is 0 Å². The van der Waals surface area contributed by atoms with Crippen molar-refractivity contribution in [3.05, 3.63) is 0 Å². The molecule has 0 saturated heterocycles. The Kier molecular flexibility index (Phi) is 5.84. The Morgan fingerprint density at radius 1 is 1.25 bits per heavy atom. The number of carbonyl (C=O) groups excluding carboxylic acids is 1. The largest absolute Gasteiger partial charge is 0.481 e. The molecule has 1 rings (SSSR count). The Hall–Kier alpha value is -1.26. The fraction of sp³-hybridized carbons (Fsp3) is 0.867. The highest BCUT2D eigenvalue weighted by Crippen LogP contribution is 2.32. The summed E-state index contributed by atoms with van der Waals surface area (Å²) >= 11 is 0. The molecule has 1 amide bonds. The second-order valence-electron chi connectivity index (χ2n) is 6.61. The zero-order chi connectivity index (χ0) is 15.3. The molecule has 0 aromatic rings.